The van der Waals surface area contributed by atoms with Crippen molar-refractivity contribution in [3.8, 4) is 22.3 Å². The average molecular weight is 802 g/mol. The molecule has 3 heterocycles. The van der Waals surface area contributed by atoms with Crippen LogP contribution in [-0.4, -0.2) is 17.0 Å². The van der Waals surface area contributed by atoms with Crippen LogP contribution in [0, 0.1) is 0 Å². The summed E-state index contributed by atoms with van der Waals surface area (Å²) in [5.41, 5.74) is 5.06. The predicted octanol–water partition coefficient (Wildman–Crippen LogP) is 10.1. The number of benzene rings is 9. The minimum atomic E-state index is -0.706. The lowest BCUT2D eigenvalue weighted by Gasteiger charge is -2.26. The molecule has 7 heteroatoms. The summed E-state index contributed by atoms with van der Waals surface area (Å²) in [5.74, 6) is 0. The maximum absolute atomic E-state index is 5.46. The number of anilines is 3. The number of para-hydroxylation sites is 1. The Balaban J connectivity index is 1.19. The van der Waals surface area contributed by atoms with Crippen molar-refractivity contribution in [1.82, 2.24) is 0 Å². The van der Waals surface area contributed by atoms with Gasteiger partial charge in [0.05, 0.1) is 33.1 Å². The van der Waals surface area contributed by atoms with Crippen molar-refractivity contribution >= 4 is 60.2 Å². The summed E-state index contributed by atoms with van der Waals surface area (Å²) in [6, 6.07) is 54.3. The van der Waals surface area contributed by atoms with Crippen molar-refractivity contribution in [3.63, 3.8) is 0 Å². The lowest BCUT2D eigenvalue weighted by molar-refractivity contribution is 0.549. The maximum Gasteiger partial charge on any atom is 0.146 e. The van der Waals surface area contributed by atoms with Gasteiger partial charge in [0.25, 0.3) is 0 Å². The summed E-state index contributed by atoms with van der Waals surface area (Å²) in [5, 5.41) is 14.5. The summed E-state index contributed by atoms with van der Waals surface area (Å²) >= 11 is 0. The van der Waals surface area contributed by atoms with Crippen LogP contribution in [0.25, 0.3) is 65.3 Å². The minimum absolute atomic E-state index is 0.615. The van der Waals surface area contributed by atoms with Crippen molar-refractivity contribution in [2.45, 2.75) is 58.5 Å². The largest absolute Gasteiger partial charge is 0.304 e. The summed E-state index contributed by atoms with van der Waals surface area (Å²) in [6.45, 7) is 12.4. The van der Waals surface area contributed by atoms with E-state index in [1.807, 2.05) is 0 Å². The van der Waals surface area contributed by atoms with Crippen LogP contribution in [0.2, 0.25) is 0 Å². The van der Waals surface area contributed by atoms with E-state index in [1.54, 1.807) is 0 Å². The second-order valence-corrected chi connectivity index (χ2v) is 18.2. The van der Waals surface area contributed by atoms with Gasteiger partial charge in [0.2, 0.25) is 0 Å². The van der Waals surface area contributed by atoms with Gasteiger partial charge in [0, 0.05) is 11.1 Å². The summed E-state index contributed by atoms with van der Waals surface area (Å²) in [4.78, 5) is 34.4. The second-order valence-electron chi connectivity index (χ2n) is 18.2. The molecule has 0 aliphatic carbocycles. The quantitative estimate of drug-likeness (QED) is 0.160. The van der Waals surface area contributed by atoms with Crippen LogP contribution in [0.1, 0.15) is 41.5 Å². The van der Waals surface area contributed by atoms with E-state index in [0.29, 0.717) is 0 Å². The van der Waals surface area contributed by atoms with Crippen molar-refractivity contribution in [1.29, 1.82) is 0 Å². The Bertz CT molecular complexity index is 3550. The van der Waals surface area contributed by atoms with E-state index < -0.39 is 17.0 Å². The first-order chi connectivity index (χ1) is 29.9. The standard InChI is InChI=1S/C55H43N7/c1-53(2)56-42-24-15-25-43(50(42)59-53)62(44-28-26-40(48-51(44)60-54(3,4)57-48)46-36-20-11-7-16-32(36)30-33-17-8-12-21-37(33)46)45-29-27-41(49-52(45)61-55(5,6)58-49)47-38-22-13-9-18-34(38)31-35-19-10-14-23-39(35)47/h7-31H,1-6H3. The van der Waals surface area contributed by atoms with Crippen molar-refractivity contribution < 1.29 is 0 Å². The molecule has 12 rings (SSSR count). The molecule has 9 aromatic carbocycles. The van der Waals surface area contributed by atoms with Crippen LogP contribution in [0.4, 0.5) is 17.1 Å². The fourth-order valence-corrected chi connectivity index (χ4v) is 9.99. The number of rotatable bonds is 5. The number of hydrogen-bond donors (Lipinski definition) is 0. The molecule has 0 fully saturated rings. The molecule has 0 saturated carbocycles. The molecule has 0 radical (unpaired) electrons. The topological polar surface area (TPSA) is 77.4 Å². The van der Waals surface area contributed by atoms with E-state index in [4.69, 9.17) is 30.0 Å². The van der Waals surface area contributed by atoms with Gasteiger partial charge < -0.3 is 4.90 Å². The van der Waals surface area contributed by atoms with Crippen LogP contribution in [0.15, 0.2) is 182 Å². The molecule has 3 aliphatic rings. The SMILES string of the molecule is CC1(C)N=c2cccc(N(c3ccc(-c4c5ccccc5cc5ccccc45)c4c3=NC(C)(C)N=4)c3ccc(-c4c5ccccc5cc5ccccc45)c4c3=NC(C)(C)N=4)c2=N1. The minimum Gasteiger partial charge on any atom is -0.304 e. The normalized spacial score (nSPS) is 16.1. The van der Waals surface area contributed by atoms with E-state index in [0.717, 1.165) is 71.5 Å². The van der Waals surface area contributed by atoms with E-state index >= 15 is 0 Å². The molecule has 0 amide bonds. The van der Waals surface area contributed by atoms with Gasteiger partial charge >= 0.3 is 0 Å². The zero-order valence-electron chi connectivity index (χ0n) is 35.6. The Labute approximate surface area is 358 Å². The number of nitrogens with zero attached hydrogens (tertiary/aromatic N) is 7. The Morgan fingerprint density at radius 1 is 0.323 bits per heavy atom. The monoisotopic (exact) mass is 801 g/mol. The highest BCUT2D eigenvalue weighted by atomic mass is 15.2. The highest BCUT2D eigenvalue weighted by Crippen LogP contribution is 2.39. The van der Waals surface area contributed by atoms with Gasteiger partial charge in [0.15, 0.2) is 0 Å². The molecule has 9 aromatic rings. The molecule has 3 aliphatic heterocycles. The van der Waals surface area contributed by atoms with Gasteiger partial charge in [-0.15, -0.1) is 0 Å². The number of hydrogen-bond acceptors (Lipinski definition) is 7. The highest BCUT2D eigenvalue weighted by Gasteiger charge is 2.32. The van der Waals surface area contributed by atoms with Gasteiger partial charge in [-0.05, 0) is 144 Å². The van der Waals surface area contributed by atoms with Gasteiger partial charge in [-0.2, -0.15) is 0 Å². The van der Waals surface area contributed by atoms with Gasteiger partial charge in [0.1, 0.15) is 33.1 Å². The predicted molar refractivity (Wildman–Crippen MR) is 251 cm³/mol. The summed E-state index contributed by atoms with van der Waals surface area (Å²) in [6.07, 6.45) is 0. The molecule has 0 saturated heterocycles. The van der Waals surface area contributed by atoms with E-state index in [1.165, 1.54) is 43.1 Å². The van der Waals surface area contributed by atoms with Crippen LogP contribution in [0.5, 0.6) is 0 Å². The van der Waals surface area contributed by atoms with E-state index in [2.05, 4.69) is 198 Å². The van der Waals surface area contributed by atoms with Gasteiger partial charge in [-0.1, -0.05) is 103 Å². The lowest BCUT2D eigenvalue weighted by Crippen LogP contribution is -2.38. The van der Waals surface area contributed by atoms with Crippen molar-refractivity contribution in [2.75, 3.05) is 4.90 Å². The van der Waals surface area contributed by atoms with Crippen molar-refractivity contribution in [2.24, 2.45) is 30.0 Å². The maximum atomic E-state index is 5.46. The van der Waals surface area contributed by atoms with Gasteiger partial charge in [-0.3, -0.25) is 30.0 Å². The zero-order valence-corrected chi connectivity index (χ0v) is 35.6. The molecule has 7 nitrogen and oxygen atoms in total. The first-order valence-corrected chi connectivity index (χ1v) is 21.4. The fourth-order valence-electron chi connectivity index (χ4n) is 9.99. The molecule has 0 bridgehead atoms. The number of fused-ring (bicyclic) bond motifs is 7. The first-order valence-electron chi connectivity index (χ1n) is 21.4. The Hall–Kier alpha value is -7.38. The van der Waals surface area contributed by atoms with Crippen LogP contribution in [0.3, 0.4) is 0 Å². The third-order valence-corrected chi connectivity index (χ3v) is 12.4. The molecular formula is C55H43N7. The molecular weight excluding hydrogens is 759 g/mol. The van der Waals surface area contributed by atoms with Crippen LogP contribution in [-0.2, 0) is 0 Å². The molecule has 0 atom stereocenters. The fraction of sp³-hybridized carbons (Fsp3) is 0.164. The third kappa shape index (κ3) is 5.57. The van der Waals surface area contributed by atoms with Crippen LogP contribution >= 0.6 is 0 Å². The Kier molecular flexibility index (Phi) is 7.54. The van der Waals surface area contributed by atoms with Crippen molar-refractivity contribution in [3.05, 3.63) is 184 Å². The average Bonchev–Trinajstić information content (AvgIpc) is 3.89. The Morgan fingerprint density at radius 3 is 1.11 bits per heavy atom. The molecule has 0 spiro atoms. The Morgan fingerprint density at radius 2 is 0.677 bits per heavy atom. The molecule has 0 aromatic heterocycles. The molecule has 62 heavy (non-hydrogen) atoms. The molecule has 298 valence electrons. The second kappa shape index (κ2) is 12.8. The molecule has 0 unspecified atom stereocenters. The molecule has 0 N–H and O–H groups in total. The van der Waals surface area contributed by atoms with Crippen LogP contribution < -0.4 is 37.0 Å². The first kappa shape index (κ1) is 36.5. The van der Waals surface area contributed by atoms with Gasteiger partial charge in [-0.25, -0.2) is 0 Å². The smallest absolute Gasteiger partial charge is 0.146 e. The van der Waals surface area contributed by atoms with E-state index in [-0.39, 0.29) is 0 Å². The highest BCUT2D eigenvalue weighted by molar-refractivity contribution is 6.14. The lowest BCUT2D eigenvalue weighted by atomic mass is 9.91. The third-order valence-electron chi connectivity index (χ3n) is 12.4. The van der Waals surface area contributed by atoms with E-state index in [9.17, 15) is 0 Å². The zero-order chi connectivity index (χ0) is 42.1. The summed E-state index contributed by atoms with van der Waals surface area (Å²) in [7, 11) is 0. The summed E-state index contributed by atoms with van der Waals surface area (Å²) < 4.78 is 0.